The summed E-state index contributed by atoms with van der Waals surface area (Å²) in [5.41, 5.74) is -0.537. The van der Waals surface area contributed by atoms with Crippen molar-refractivity contribution in [3.63, 3.8) is 0 Å². The van der Waals surface area contributed by atoms with Gasteiger partial charge in [0.25, 0.3) is 0 Å². The standard InChI is InChI=1S/C9H8BrF2NO4S/c1-4(9(14)15)18(16,17)13-8-6(10)2-5(11)3-7(8)12/h2-4,13H,1H3,(H,14,15). The Morgan fingerprint density at radius 3 is 2.44 bits per heavy atom. The lowest BCUT2D eigenvalue weighted by molar-refractivity contribution is -0.136. The molecule has 0 bridgehead atoms. The van der Waals surface area contributed by atoms with Crippen molar-refractivity contribution < 1.29 is 27.1 Å². The minimum Gasteiger partial charge on any atom is -0.480 e. The second-order valence-corrected chi connectivity index (χ2v) is 6.23. The summed E-state index contributed by atoms with van der Waals surface area (Å²) in [6, 6.07) is 1.33. The highest BCUT2D eigenvalue weighted by Gasteiger charge is 2.29. The summed E-state index contributed by atoms with van der Waals surface area (Å²) < 4.78 is 50.9. The molecule has 1 rings (SSSR count). The van der Waals surface area contributed by atoms with Crippen LogP contribution in [0.4, 0.5) is 14.5 Å². The first-order valence-corrected chi connectivity index (χ1v) is 6.88. The fourth-order valence-corrected chi connectivity index (χ4v) is 2.58. The van der Waals surface area contributed by atoms with Gasteiger partial charge in [0.05, 0.1) is 5.69 Å². The van der Waals surface area contributed by atoms with E-state index in [1.54, 1.807) is 4.72 Å². The van der Waals surface area contributed by atoms with Crippen molar-refractivity contribution in [1.82, 2.24) is 0 Å². The lowest BCUT2D eigenvalue weighted by atomic mass is 10.3. The molecule has 0 saturated carbocycles. The number of aliphatic carboxylic acids is 1. The van der Waals surface area contributed by atoms with E-state index in [9.17, 15) is 22.0 Å². The van der Waals surface area contributed by atoms with E-state index in [1.807, 2.05) is 0 Å². The number of nitrogens with one attached hydrogen (secondary N) is 1. The number of benzene rings is 1. The zero-order valence-electron chi connectivity index (χ0n) is 8.95. The van der Waals surface area contributed by atoms with Gasteiger partial charge < -0.3 is 5.11 Å². The Hall–Kier alpha value is -1.22. The fourth-order valence-electron chi connectivity index (χ4n) is 1.00. The first-order valence-electron chi connectivity index (χ1n) is 4.54. The van der Waals surface area contributed by atoms with Crippen LogP contribution in [0.25, 0.3) is 0 Å². The Kier molecular flexibility index (Phi) is 4.28. The highest BCUT2D eigenvalue weighted by atomic mass is 79.9. The number of anilines is 1. The van der Waals surface area contributed by atoms with Gasteiger partial charge in [-0.1, -0.05) is 0 Å². The summed E-state index contributed by atoms with van der Waals surface area (Å²) in [6.07, 6.45) is 0. The van der Waals surface area contributed by atoms with Gasteiger partial charge in [-0.25, -0.2) is 17.2 Å². The SMILES string of the molecule is CC(C(=O)O)S(=O)(=O)Nc1c(F)cc(F)cc1Br. The Labute approximate surface area is 110 Å². The van der Waals surface area contributed by atoms with E-state index in [0.29, 0.717) is 6.07 Å². The molecule has 0 heterocycles. The van der Waals surface area contributed by atoms with Gasteiger partial charge in [0, 0.05) is 10.5 Å². The van der Waals surface area contributed by atoms with E-state index in [1.165, 1.54) is 0 Å². The number of carboxylic acids is 1. The van der Waals surface area contributed by atoms with E-state index < -0.39 is 38.6 Å². The number of sulfonamides is 1. The Morgan fingerprint density at radius 1 is 1.44 bits per heavy atom. The lowest BCUT2D eigenvalue weighted by Gasteiger charge is -2.13. The molecule has 0 aliphatic carbocycles. The second kappa shape index (κ2) is 5.19. The van der Waals surface area contributed by atoms with Gasteiger partial charge in [-0.15, -0.1) is 0 Å². The van der Waals surface area contributed by atoms with Crippen LogP contribution in [-0.4, -0.2) is 24.7 Å². The molecule has 0 aliphatic heterocycles. The smallest absolute Gasteiger partial charge is 0.323 e. The van der Waals surface area contributed by atoms with E-state index >= 15 is 0 Å². The Morgan fingerprint density at radius 2 is 2.00 bits per heavy atom. The van der Waals surface area contributed by atoms with Crippen LogP contribution >= 0.6 is 15.9 Å². The highest BCUT2D eigenvalue weighted by molar-refractivity contribution is 9.10. The zero-order chi connectivity index (χ0) is 14.1. The molecule has 0 fully saturated rings. The van der Waals surface area contributed by atoms with Gasteiger partial charge >= 0.3 is 5.97 Å². The van der Waals surface area contributed by atoms with Crippen molar-refractivity contribution in [2.45, 2.75) is 12.2 Å². The minimum absolute atomic E-state index is 0.166. The zero-order valence-corrected chi connectivity index (χ0v) is 11.3. The van der Waals surface area contributed by atoms with Gasteiger partial charge in [-0.2, -0.15) is 0 Å². The Bertz CT molecular complexity index is 567. The number of carbonyl (C=O) groups is 1. The predicted molar refractivity (Wildman–Crippen MR) is 63.7 cm³/mol. The van der Waals surface area contributed by atoms with E-state index in [2.05, 4.69) is 15.9 Å². The Balaban J connectivity index is 3.17. The topological polar surface area (TPSA) is 83.5 Å². The van der Waals surface area contributed by atoms with Crippen molar-refractivity contribution in [2.75, 3.05) is 4.72 Å². The molecule has 18 heavy (non-hydrogen) atoms. The first kappa shape index (κ1) is 14.8. The van der Waals surface area contributed by atoms with Crippen LogP contribution in [0.2, 0.25) is 0 Å². The summed E-state index contributed by atoms with van der Waals surface area (Å²) in [5.74, 6) is -3.63. The van der Waals surface area contributed by atoms with Crippen LogP contribution in [0.1, 0.15) is 6.92 Å². The number of carboxylic acid groups (broad SMARTS) is 1. The van der Waals surface area contributed by atoms with Crippen molar-refractivity contribution in [3.8, 4) is 0 Å². The van der Waals surface area contributed by atoms with Gasteiger partial charge in [-0.05, 0) is 28.9 Å². The first-order chi connectivity index (χ1) is 8.15. The van der Waals surface area contributed by atoms with Crippen molar-refractivity contribution >= 4 is 37.6 Å². The fraction of sp³-hybridized carbons (Fsp3) is 0.222. The number of hydrogen-bond donors (Lipinski definition) is 2. The second-order valence-electron chi connectivity index (χ2n) is 3.37. The summed E-state index contributed by atoms with van der Waals surface area (Å²) in [4.78, 5) is 10.6. The predicted octanol–water partition coefficient (Wildman–Crippen LogP) is 1.94. The average molecular weight is 344 g/mol. The molecule has 0 spiro atoms. The van der Waals surface area contributed by atoms with Gasteiger partial charge in [-0.3, -0.25) is 9.52 Å². The summed E-state index contributed by atoms with van der Waals surface area (Å²) in [7, 11) is -4.31. The molecule has 1 atom stereocenters. The molecule has 1 aromatic carbocycles. The maximum Gasteiger partial charge on any atom is 0.323 e. The van der Waals surface area contributed by atoms with Crippen LogP contribution in [0.5, 0.6) is 0 Å². The third-order valence-electron chi connectivity index (χ3n) is 2.06. The minimum atomic E-state index is -4.31. The van der Waals surface area contributed by atoms with Gasteiger partial charge in [0.1, 0.15) is 5.82 Å². The van der Waals surface area contributed by atoms with Crippen LogP contribution < -0.4 is 4.72 Å². The number of rotatable bonds is 4. The number of halogens is 3. The molecule has 0 aromatic heterocycles. The largest absolute Gasteiger partial charge is 0.480 e. The molecule has 100 valence electrons. The molecule has 0 radical (unpaired) electrons. The maximum atomic E-state index is 13.4. The molecule has 2 N–H and O–H groups in total. The molecular formula is C9H8BrF2NO4S. The van der Waals surface area contributed by atoms with Crippen molar-refractivity contribution in [1.29, 1.82) is 0 Å². The maximum absolute atomic E-state index is 13.4. The van der Waals surface area contributed by atoms with Crippen molar-refractivity contribution in [3.05, 3.63) is 28.2 Å². The lowest BCUT2D eigenvalue weighted by Crippen LogP contribution is -2.32. The normalized spacial score (nSPS) is 13.1. The molecule has 0 saturated heterocycles. The third kappa shape index (κ3) is 3.16. The highest BCUT2D eigenvalue weighted by Crippen LogP contribution is 2.28. The summed E-state index contributed by atoms with van der Waals surface area (Å²) >= 11 is 2.78. The van der Waals surface area contributed by atoms with E-state index in [-0.39, 0.29) is 4.47 Å². The number of hydrogen-bond acceptors (Lipinski definition) is 3. The third-order valence-corrected chi connectivity index (χ3v) is 4.31. The van der Waals surface area contributed by atoms with Gasteiger partial charge in [0.2, 0.25) is 10.0 Å². The quantitative estimate of drug-likeness (QED) is 0.875. The summed E-state index contributed by atoms with van der Waals surface area (Å²) in [5, 5.41) is 6.82. The van der Waals surface area contributed by atoms with Gasteiger partial charge in [0.15, 0.2) is 11.1 Å². The average Bonchev–Trinajstić information content (AvgIpc) is 2.22. The molecular weight excluding hydrogens is 336 g/mol. The van der Waals surface area contributed by atoms with Crippen LogP contribution in [0, 0.1) is 11.6 Å². The molecule has 9 heteroatoms. The molecule has 1 aromatic rings. The van der Waals surface area contributed by atoms with Crippen LogP contribution in [0.15, 0.2) is 16.6 Å². The molecule has 0 aliphatic rings. The van der Waals surface area contributed by atoms with E-state index in [0.717, 1.165) is 13.0 Å². The van der Waals surface area contributed by atoms with Crippen LogP contribution in [-0.2, 0) is 14.8 Å². The molecule has 1 unspecified atom stereocenters. The summed E-state index contributed by atoms with van der Waals surface area (Å²) in [6.45, 7) is 0.931. The van der Waals surface area contributed by atoms with Crippen molar-refractivity contribution in [2.24, 2.45) is 0 Å². The molecule has 0 amide bonds. The van der Waals surface area contributed by atoms with Crippen LogP contribution in [0.3, 0.4) is 0 Å². The molecule has 5 nitrogen and oxygen atoms in total. The monoisotopic (exact) mass is 343 g/mol. The van der Waals surface area contributed by atoms with E-state index in [4.69, 9.17) is 5.11 Å².